The van der Waals surface area contributed by atoms with Crippen LogP contribution in [0.5, 0.6) is 0 Å². The van der Waals surface area contributed by atoms with Crippen LogP contribution in [0.25, 0.3) is 0 Å². The summed E-state index contributed by atoms with van der Waals surface area (Å²) in [6, 6.07) is 9.99. The molecule has 1 atom stereocenters. The van der Waals surface area contributed by atoms with Crippen LogP contribution in [0.1, 0.15) is 47.5 Å². The molecular weight excluding hydrogens is 732 g/mol. The number of oxime groups is 2. The van der Waals surface area contributed by atoms with Gasteiger partial charge in [-0.1, -0.05) is 62.8 Å². The molecule has 14 nitrogen and oxygen atoms in total. The number of urea groups is 1. The van der Waals surface area contributed by atoms with Crippen LogP contribution < -0.4 is 11.5 Å². The van der Waals surface area contributed by atoms with Crippen molar-refractivity contribution in [1.29, 1.82) is 5.41 Å². The molecule has 0 bridgehead atoms. The summed E-state index contributed by atoms with van der Waals surface area (Å²) in [5.41, 5.74) is 12.9. The number of rotatable bonds is 14. The Kier molecular flexibility index (Phi) is 15.7. The highest BCUT2D eigenvalue weighted by Crippen LogP contribution is 2.31. The summed E-state index contributed by atoms with van der Waals surface area (Å²) >= 11 is 25.1. The van der Waals surface area contributed by atoms with Gasteiger partial charge in [0, 0.05) is 60.8 Å². The molecule has 18 heteroatoms. The molecule has 2 aromatic carbocycles. The molecule has 2 aliphatic heterocycles. The van der Waals surface area contributed by atoms with Crippen molar-refractivity contribution >= 4 is 75.7 Å². The number of carbonyl (C=O) groups is 2. The van der Waals surface area contributed by atoms with Crippen molar-refractivity contribution in [3.63, 3.8) is 0 Å². The molecule has 274 valence electrons. The monoisotopic (exact) mass is 773 g/mol. The second kappa shape index (κ2) is 19.2. The van der Waals surface area contributed by atoms with Gasteiger partial charge in [-0.3, -0.25) is 10.2 Å². The van der Waals surface area contributed by atoms with Crippen molar-refractivity contribution in [3.05, 3.63) is 67.6 Å². The number of carbonyl (C=O) groups excluding carboxylic acids is 2. The largest absolute Gasteiger partial charge is 0.412 e. The Morgan fingerprint density at radius 3 is 2.36 bits per heavy atom. The maximum atomic E-state index is 13.5. The van der Waals surface area contributed by atoms with Gasteiger partial charge in [0.25, 0.3) is 5.91 Å². The Hall–Kier alpha value is -3.53. The number of nitrogens with two attached hydrogens (primary N) is 2. The van der Waals surface area contributed by atoms with Crippen molar-refractivity contribution in [1.82, 2.24) is 19.6 Å². The SMILES string of the molecule is CN(C/C(=N\OCC(=N)N)[C@H](CCN1CCC(N2CCCN(C/C(N)=N/O)C2=O)CC1)c1ccc(Cl)c(Cl)c1)C(=O)c1cc(Cl)cc(Cl)c1.O. The van der Waals surface area contributed by atoms with E-state index in [9.17, 15) is 9.59 Å². The fourth-order valence-electron chi connectivity index (χ4n) is 6.14. The minimum atomic E-state index is -0.353. The zero-order valence-electron chi connectivity index (χ0n) is 27.6. The molecule has 0 aromatic heterocycles. The minimum Gasteiger partial charge on any atom is -0.412 e. The van der Waals surface area contributed by atoms with E-state index in [-0.39, 0.29) is 60.7 Å². The highest BCUT2D eigenvalue weighted by molar-refractivity contribution is 6.42. The number of hydrogen-bond acceptors (Lipinski definition) is 8. The Morgan fingerprint density at radius 2 is 1.74 bits per heavy atom. The normalized spacial score (nSPS) is 16.9. The quantitative estimate of drug-likeness (QED) is 0.0942. The molecule has 0 spiro atoms. The third-order valence-electron chi connectivity index (χ3n) is 8.56. The number of benzene rings is 2. The van der Waals surface area contributed by atoms with Crippen molar-refractivity contribution < 1.29 is 25.1 Å². The second-order valence-electron chi connectivity index (χ2n) is 12.1. The maximum absolute atomic E-state index is 13.5. The van der Waals surface area contributed by atoms with E-state index in [0.29, 0.717) is 57.4 Å². The number of hydrogen-bond donors (Lipinski definition) is 4. The number of halogens is 4. The molecule has 2 saturated heterocycles. The number of likely N-dealkylation sites (tertiary alicyclic amines) is 1. The second-order valence-corrected chi connectivity index (χ2v) is 13.8. The zero-order chi connectivity index (χ0) is 35.7. The molecule has 4 rings (SSSR count). The van der Waals surface area contributed by atoms with Crippen LogP contribution in [-0.4, -0.2) is 125 Å². The number of amidine groups is 2. The van der Waals surface area contributed by atoms with Crippen LogP contribution >= 0.6 is 46.4 Å². The third-order valence-corrected chi connectivity index (χ3v) is 9.74. The minimum absolute atomic E-state index is 0. The Morgan fingerprint density at radius 1 is 1.06 bits per heavy atom. The van der Waals surface area contributed by atoms with E-state index >= 15 is 0 Å². The summed E-state index contributed by atoms with van der Waals surface area (Å²) in [6.07, 6.45) is 2.99. The molecule has 2 aromatic rings. The smallest absolute Gasteiger partial charge is 0.320 e. The first kappa shape index (κ1) is 40.9. The summed E-state index contributed by atoms with van der Waals surface area (Å²) in [5.74, 6) is -0.875. The number of amides is 3. The van der Waals surface area contributed by atoms with Gasteiger partial charge in [0.15, 0.2) is 12.4 Å². The van der Waals surface area contributed by atoms with E-state index in [1.807, 2.05) is 11.0 Å². The van der Waals surface area contributed by atoms with E-state index in [0.717, 1.165) is 37.9 Å². The van der Waals surface area contributed by atoms with Gasteiger partial charge in [0.2, 0.25) is 0 Å². The average Bonchev–Trinajstić information content (AvgIpc) is 3.06. The van der Waals surface area contributed by atoms with Crippen molar-refractivity contribution in [2.45, 2.75) is 37.6 Å². The lowest BCUT2D eigenvalue weighted by Gasteiger charge is -2.43. The lowest BCUT2D eigenvalue weighted by Crippen LogP contribution is -2.57. The standard InChI is InChI=1S/C32H41Cl4N9O4.H2O/c1-42(31(46)21-13-22(33)16-23(34)14-21)17-28(41-49-19-29(37)38)25(20-3-4-26(35)27(36)15-20)7-12-43-10-5-24(6-11-43)45-9-2-8-44(32(45)47)18-30(39)40-48;/h3-4,13-16,24-25,48H,2,5-12,17-19H2,1H3,(H3,37,38)(H2,39,40);1H2/b41-28+;/t25-;/m1./s1. The van der Waals surface area contributed by atoms with E-state index < -0.39 is 0 Å². The number of piperidine rings is 1. The first-order chi connectivity index (χ1) is 23.4. The van der Waals surface area contributed by atoms with Crippen molar-refractivity contribution in [3.8, 4) is 0 Å². The van der Waals surface area contributed by atoms with Crippen LogP contribution in [0.4, 0.5) is 4.79 Å². The molecule has 0 radical (unpaired) electrons. The fourth-order valence-corrected chi connectivity index (χ4v) is 6.97. The van der Waals surface area contributed by atoms with Crippen LogP contribution in [0.3, 0.4) is 0 Å². The maximum Gasteiger partial charge on any atom is 0.320 e. The molecule has 2 fully saturated rings. The highest BCUT2D eigenvalue weighted by atomic mass is 35.5. The van der Waals surface area contributed by atoms with Gasteiger partial charge in [-0.25, -0.2) is 4.79 Å². The van der Waals surface area contributed by atoms with E-state index in [1.54, 1.807) is 42.3 Å². The molecule has 2 heterocycles. The van der Waals surface area contributed by atoms with Gasteiger partial charge in [-0.2, -0.15) is 0 Å². The topological polar surface area (TPSA) is 209 Å². The van der Waals surface area contributed by atoms with Gasteiger partial charge < -0.3 is 46.6 Å². The van der Waals surface area contributed by atoms with Gasteiger partial charge >= 0.3 is 6.03 Å². The first-order valence-corrected chi connectivity index (χ1v) is 17.3. The van der Waals surface area contributed by atoms with Crippen LogP contribution in [0, 0.1) is 5.41 Å². The molecular formula is C32H43Cl4N9O5. The predicted molar refractivity (Wildman–Crippen MR) is 197 cm³/mol. The first-order valence-electron chi connectivity index (χ1n) is 15.8. The van der Waals surface area contributed by atoms with E-state index in [2.05, 4.69) is 15.2 Å². The third kappa shape index (κ3) is 11.2. The predicted octanol–water partition coefficient (Wildman–Crippen LogP) is 4.37. The van der Waals surface area contributed by atoms with Crippen molar-refractivity contribution in [2.24, 2.45) is 21.8 Å². The summed E-state index contributed by atoms with van der Waals surface area (Å²) < 4.78 is 0. The van der Waals surface area contributed by atoms with Crippen LogP contribution in [-0.2, 0) is 4.84 Å². The van der Waals surface area contributed by atoms with E-state index in [1.165, 1.54) is 4.90 Å². The summed E-state index contributed by atoms with van der Waals surface area (Å²) in [7, 11) is 1.64. The summed E-state index contributed by atoms with van der Waals surface area (Å²) in [6.45, 7) is 3.39. The number of nitrogens with one attached hydrogen (secondary N) is 1. The van der Waals surface area contributed by atoms with Crippen molar-refractivity contribution in [2.75, 3.05) is 59.5 Å². The Labute approximate surface area is 311 Å². The van der Waals surface area contributed by atoms with Crippen LogP contribution in [0.2, 0.25) is 20.1 Å². The number of nitrogens with zero attached hydrogens (tertiary/aromatic N) is 6. The van der Waals surface area contributed by atoms with Gasteiger partial charge in [-0.05, 0) is 68.1 Å². The summed E-state index contributed by atoms with van der Waals surface area (Å²) in [4.78, 5) is 39.5. The summed E-state index contributed by atoms with van der Waals surface area (Å²) in [5, 5.41) is 25.4. The molecule has 50 heavy (non-hydrogen) atoms. The highest BCUT2D eigenvalue weighted by Gasteiger charge is 2.34. The lowest BCUT2D eigenvalue weighted by molar-refractivity contribution is 0.0811. The zero-order valence-corrected chi connectivity index (χ0v) is 30.6. The fraction of sp³-hybridized carbons (Fsp3) is 0.469. The molecule has 0 saturated carbocycles. The molecule has 3 amide bonds. The molecule has 8 N–H and O–H groups in total. The molecule has 2 aliphatic rings. The Balaban J connectivity index is 0.00000676. The molecule has 0 unspecified atom stereocenters. The Bertz CT molecular complexity index is 1550. The molecule has 0 aliphatic carbocycles. The van der Waals surface area contributed by atoms with E-state index in [4.69, 9.17) is 73.3 Å². The van der Waals surface area contributed by atoms with Gasteiger partial charge in [0.1, 0.15) is 5.84 Å². The van der Waals surface area contributed by atoms with Gasteiger partial charge in [-0.15, -0.1) is 0 Å². The van der Waals surface area contributed by atoms with Crippen LogP contribution in [0.15, 0.2) is 46.7 Å². The average molecular weight is 776 g/mol. The van der Waals surface area contributed by atoms with Gasteiger partial charge in [0.05, 0.1) is 28.8 Å². The lowest BCUT2D eigenvalue weighted by atomic mass is 9.89.